The van der Waals surface area contributed by atoms with Gasteiger partial charge in [-0.25, -0.2) is 0 Å². The van der Waals surface area contributed by atoms with Gasteiger partial charge in [-0.2, -0.15) is 0 Å². The number of para-hydroxylation sites is 1. The molecule has 26 heavy (non-hydrogen) atoms. The molecule has 6 heteroatoms. The van der Waals surface area contributed by atoms with Gasteiger partial charge in [0.1, 0.15) is 11.3 Å². The van der Waals surface area contributed by atoms with Crippen LogP contribution in [0, 0.1) is 0 Å². The SMILES string of the molecule is COc1cc(C(=O)N[C@@H](C)c2cc3ccccc3o2)cc(OC)c1OC. The topological polar surface area (TPSA) is 69.9 Å². The number of furan rings is 1. The van der Waals surface area contributed by atoms with Gasteiger partial charge in [-0.05, 0) is 31.2 Å². The van der Waals surface area contributed by atoms with Crippen LogP contribution in [0.1, 0.15) is 29.1 Å². The van der Waals surface area contributed by atoms with E-state index in [0.29, 0.717) is 28.6 Å². The number of amides is 1. The monoisotopic (exact) mass is 355 g/mol. The molecule has 136 valence electrons. The van der Waals surface area contributed by atoms with Crippen molar-refractivity contribution in [2.75, 3.05) is 21.3 Å². The van der Waals surface area contributed by atoms with Gasteiger partial charge >= 0.3 is 0 Å². The molecule has 0 fully saturated rings. The lowest BCUT2D eigenvalue weighted by Crippen LogP contribution is -2.26. The quantitative estimate of drug-likeness (QED) is 0.725. The third kappa shape index (κ3) is 3.31. The number of nitrogens with one attached hydrogen (secondary N) is 1. The van der Waals surface area contributed by atoms with Crippen LogP contribution in [-0.4, -0.2) is 27.2 Å². The molecule has 1 atom stereocenters. The van der Waals surface area contributed by atoms with Crippen molar-refractivity contribution >= 4 is 16.9 Å². The van der Waals surface area contributed by atoms with Gasteiger partial charge in [-0.15, -0.1) is 0 Å². The second-order valence-corrected chi connectivity index (χ2v) is 5.80. The normalized spacial score (nSPS) is 11.8. The maximum atomic E-state index is 12.7. The number of rotatable bonds is 6. The van der Waals surface area contributed by atoms with E-state index in [1.165, 1.54) is 21.3 Å². The van der Waals surface area contributed by atoms with E-state index < -0.39 is 0 Å². The average molecular weight is 355 g/mol. The van der Waals surface area contributed by atoms with E-state index >= 15 is 0 Å². The van der Waals surface area contributed by atoms with Crippen molar-refractivity contribution in [2.45, 2.75) is 13.0 Å². The van der Waals surface area contributed by atoms with Crippen LogP contribution < -0.4 is 19.5 Å². The first-order chi connectivity index (χ1) is 12.6. The number of fused-ring (bicyclic) bond motifs is 1. The fourth-order valence-corrected chi connectivity index (χ4v) is 2.78. The highest BCUT2D eigenvalue weighted by Crippen LogP contribution is 2.38. The van der Waals surface area contributed by atoms with E-state index in [1.54, 1.807) is 12.1 Å². The summed E-state index contributed by atoms with van der Waals surface area (Å²) < 4.78 is 21.7. The molecule has 1 amide bonds. The van der Waals surface area contributed by atoms with Crippen molar-refractivity contribution in [2.24, 2.45) is 0 Å². The molecule has 0 unspecified atom stereocenters. The maximum Gasteiger partial charge on any atom is 0.252 e. The van der Waals surface area contributed by atoms with Crippen LogP contribution in [0.5, 0.6) is 17.2 Å². The third-order valence-corrected chi connectivity index (χ3v) is 4.15. The Morgan fingerprint density at radius 3 is 2.23 bits per heavy atom. The second kappa shape index (κ2) is 7.39. The van der Waals surface area contributed by atoms with Crippen LogP contribution >= 0.6 is 0 Å². The van der Waals surface area contributed by atoms with E-state index in [4.69, 9.17) is 18.6 Å². The van der Waals surface area contributed by atoms with Gasteiger partial charge in [0, 0.05) is 10.9 Å². The highest BCUT2D eigenvalue weighted by molar-refractivity contribution is 5.96. The summed E-state index contributed by atoms with van der Waals surface area (Å²) in [6.07, 6.45) is 0. The van der Waals surface area contributed by atoms with E-state index in [-0.39, 0.29) is 11.9 Å². The molecule has 0 radical (unpaired) electrons. The van der Waals surface area contributed by atoms with Gasteiger partial charge in [0.2, 0.25) is 5.75 Å². The fourth-order valence-electron chi connectivity index (χ4n) is 2.78. The Hall–Kier alpha value is -3.15. The Bertz CT molecular complexity index is 873. The van der Waals surface area contributed by atoms with Gasteiger partial charge in [0.25, 0.3) is 5.91 Å². The van der Waals surface area contributed by atoms with Crippen LogP contribution in [0.2, 0.25) is 0 Å². The molecule has 0 aliphatic carbocycles. The van der Waals surface area contributed by atoms with Gasteiger partial charge in [0.05, 0.1) is 27.4 Å². The fraction of sp³-hybridized carbons (Fsp3) is 0.250. The van der Waals surface area contributed by atoms with Crippen LogP contribution in [0.3, 0.4) is 0 Å². The Morgan fingerprint density at radius 1 is 1.00 bits per heavy atom. The van der Waals surface area contributed by atoms with Crippen molar-refractivity contribution < 1.29 is 23.4 Å². The summed E-state index contributed by atoms with van der Waals surface area (Å²) in [5.41, 5.74) is 1.19. The summed E-state index contributed by atoms with van der Waals surface area (Å²) in [5.74, 6) is 1.71. The Kier molecular flexibility index (Phi) is 5.02. The molecule has 6 nitrogen and oxygen atoms in total. The van der Waals surface area contributed by atoms with Crippen LogP contribution in [0.4, 0.5) is 0 Å². The van der Waals surface area contributed by atoms with Crippen molar-refractivity contribution in [3.8, 4) is 17.2 Å². The summed E-state index contributed by atoms with van der Waals surface area (Å²) >= 11 is 0. The summed E-state index contributed by atoms with van der Waals surface area (Å²) in [4.78, 5) is 12.7. The molecule has 0 aliphatic heterocycles. The van der Waals surface area contributed by atoms with E-state index in [1.807, 2.05) is 37.3 Å². The lowest BCUT2D eigenvalue weighted by molar-refractivity contribution is 0.0935. The zero-order valence-electron chi connectivity index (χ0n) is 15.2. The van der Waals surface area contributed by atoms with Gasteiger partial charge in [-0.1, -0.05) is 18.2 Å². The number of carbonyl (C=O) groups excluding carboxylic acids is 1. The molecular weight excluding hydrogens is 334 g/mol. The van der Waals surface area contributed by atoms with E-state index in [0.717, 1.165) is 11.0 Å². The van der Waals surface area contributed by atoms with Crippen LogP contribution in [-0.2, 0) is 0 Å². The first-order valence-corrected chi connectivity index (χ1v) is 8.16. The molecule has 3 aromatic rings. The Balaban J connectivity index is 1.84. The van der Waals surface area contributed by atoms with Crippen LogP contribution in [0.25, 0.3) is 11.0 Å². The van der Waals surface area contributed by atoms with Crippen molar-refractivity contribution in [1.82, 2.24) is 5.32 Å². The minimum atomic E-state index is -0.297. The number of carbonyl (C=O) groups is 1. The number of hydrogen-bond donors (Lipinski definition) is 1. The second-order valence-electron chi connectivity index (χ2n) is 5.80. The molecule has 0 saturated carbocycles. The van der Waals surface area contributed by atoms with Crippen molar-refractivity contribution in [3.05, 3.63) is 53.8 Å². The predicted molar refractivity (Wildman–Crippen MR) is 98.2 cm³/mol. The molecule has 1 heterocycles. The predicted octanol–water partition coefficient (Wildman–Crippen LogP) is 3.95. The first kappa shape index (κ1) is 17.7. The zero-order chi connectivity index (χ0) is 18.7. The molecule has 0 bridgehead atoms. The van der Waals surface area contributed by atoms with Gasteiger partial charge < -0.3 is 23.9 Å². The summed E-state index contributed by atoms with van der Waals surface area (Å²) in [5, 5.41) is 3.93. The van der Waals surface area contributed by atoms with Crippen molar-refractivity contribution in [1.29, 1.82) is 0 Å². The summed E-state index contributed by atoms with van der Waals surface area (Å²) in [6, 6.07) is 12.6. The number of hydrogen-bond acceptors (Lipinski definition) is 5. The van der Waals surface area contributed by atoms with E-state index in [9.17, 15) is 4.79 Å². The van der Waals surface area contributed by atoms with Gasteiger partial charge in [0.15, 0.2) is 11.5 Å². The largest absolute Gasteiger partial charge is 0.493 e. The Labute approximate surface area is 151 Å². The maximum absolute atomic E-state index is 12.7. The lowest BCUT2D eigenvalue weighted by Gasteiger charge is -2.15. The molecule has 0 aliphatic rings. The van der Waals surface area contributed by atoms with Crippen molar-refractivity contribution in [3.63, 3.8) is 0 Å². The summed E-state index contributed by atoms with van der Waals surface area (Å²) in [7, 11) is 4.54. The standard InChI is InChI=1S/C20H21NO5/c1-12(16-9-13-7-5-6-8-15(13)26-16)21-20(22)14-10-17(23-2)19(25-4)18(11-14)24-3/h5-12H,1-4H3,(H,21,22)/t12-/m0/s1. The minimum Gasteiger partial charge on any atom is -0.493 e. The molecule has 1 N–H and O–H groups in total. The number of ether oxygens (including phenoxy) is 3. The minimum absolute atomic E-state index is 0.266. The van der Waals surface area contributed by atoms with E-state index in [2.05, 4.69) is 5.32 Å². The third-order valence-electron chi connectivity index (χ3n) is 4.15. The smallest absolute Gasteiger partial charge is 0.252 e. The van der Waals surface area contributed by atoms with Gasteiger partial charge in [-0.3, -0.25) is 4.79 Å². The molecular formula is C20H21NO5. The lowest BCUT2D eigenvalue weighted by atomic mass is 10.1. The number of methoxy groups -OCH3 is 3. The zero-order valence-corrected chi connectivity index (χ0v) is 15.2. The summed E-state index contributed by atoms with van der Waals surface area (Å²) in [6.45, 7) is 1.87. The Morgan fingerprint density at radius 2 is 1.65 bits per heavy atom. The highest BCUT2D eigenvalue weighted by Gasteiger charge is 2.20. The molecule has 0 spiro atoms. The highest BCUT2D eigenvalue weighted by atomic mass is 16.5. The molecule has 0 saturated heterocycles. The first-order valence-electron chi connectivity index (χ1n) is 8.16. The average Bonchev–Trinajstić information content (AvgIpc) is 3.11. The molecule has 3 rings (SSSR count). The molecule has 1 aromatic heterocycles. The van der Waals surface area contributed by atoms with Crippen LogP contribution in [0.15, 0.2) is 46.9 Å². The number of benzene rings is 2. The molecule has 2 aromatic carbocycles.